The molecule has 0 spiro atoms. The van der Waals surface area contributed by atoms with Crippen molar-refractivity contribution < 1.29 is 4.74 Å². The maximum atomic E-state index is 5.49. The number of hydrogen-bond acceptors (Lipinski definition) is 5. The van der Waals surface area contributed by atoms with Crippen molar-refractivity contribution >= 4 is 17.2 Å². The summed E-state index contributed by atoms with van der Waals surface area (Å²) in [5.74, 6) is 1.70. The molecule has 5 heteroatoms. The molecular formula is C29H30N4O. The Morgan fingerprint density at radius 3 is 2.65 bits per heavy atom. The number of hydrogen-bond donors (Lipinski definition) is 2. The Morgan fingerprint density at radius 1 is 1.03 bits per heavy atom. The number of pyridine rings is 1. The number of anilines is 1. The van der Waals surface area contributed by atoms with Gasteiger partial charge in [-0.05, 0) is 54.8 Å². The van der Waals surface area contributed by atoms with Crippen LogP contribution in [0.5, 0.6) is 5.75 Å². The predicted octanol–water partition coefficient (Wildman–Crippen LogP) is 5.93. The molecule has 0 saturated heterocycles. The van der Waals surface area contributed by atoms with E-state index in [-0.39, 0.29) is 6.17 Å². The molecule has 0 bridgehead atoms. The number of methoxy groups -OCH3 is 1. The van der Waals surface area contributed by atoms with E-state index in [2.05, 4.69) is 90.2 Å². The van der Waals surface area contributed by atoms with Crippen LogP contribution in [0.4, 0.5) is 5.82 Å². The largest absolute Gasteiger partial charge is 0.496 e. The van der Waals surface area contributed by atoms with Crippen LogP contribution in [0.1, 0.15) is 35.7 Å². The zero-order chi connectivity index (χ0) is 23.5. The zero-order valence-electron chi connectivity index (χ0n) is 19.9. The summed E-state index contributed by atoms with van der Waals surface area (Å²) in [6, 6.07) is 22.8. The van der Waals surface area contributed by atoms with Gasteiger partial charge in [0, 0.05) is 18.3 Å². The maximum absolute atomic E-state index is 5.49. The standard InChI is InChI=1S/C29H30N4O/c1-4-21-16-17-33-27(18-21)32-28(22-14-12-20(2)13-15-22)29(33)24-9-7-11-26(31-24)30-19-23-8-5-6-10-25(23)34-3/h5-18,27,32H,4,19H2,1-3H3,(H,30,31). The Hall–Kier alpha value is -3.99. The maximum Gasteiger partial charge on any atom is 0.126 e. The van der Waals surface area contributed by atoms with E-state index in [9.17, 15) is 0 Å². The molecule has 0 fully saturated rings. The van der Waals surface area contributed by atoms with Gasteiger partial charge in [-0.15, -0.1) is 0 Å². The highest BCUT2D eigenvalue weighted by Gasteiger charge is 2.32. The summed E-state index contributed by atoms with van der Waals surface area (Å²) in [6.45, 7) is 4.94. The molecule has 3 heterocycles. The van der Waals surface area contributed by atoms with E-state index in [1.165, 1.54) is 11.1 Å². The molecule has 5 nitrogen and oxygen atoms in total. The highest BCUT2D eigenvalue weighted by Crippen LogP contribution is 2.37. The van der Waals surface area contributed by atoms with E-state index >= 15 is 0 Å². The molecule has 0 amide bonds. The fourth-order valence-electron chi connectivity index (χ4n) is 4.41. The number of ether oxygens (including phenoxy) is 1. The van der Waals surface area contributed by atoms with Gasteiger partial charge in [-0.2, -0.15) is 0 Å². The average Bonchev–Trinajstić information content (AvgIpc) is 3.27. The van der Waals surface area contributed by atoms with Gasteiger partial charge in [0.1, 0.15) is 17.7 Å². The molecule has 2 aliphatic heterocycles. The second-order valence-electron chi connectivity index (χ2n) is 8.57. The highest BCUT2D eigenvalue weighted by molar-refractivity contribution is 5.91. The van der Waals surface area contributed by atoms with Gasteiger partial charge in [-0.25, -0.2) is 4.98 Å². The van der Waals surface area contributed by atoms with E-state index in [4.69, 9.17) is 9.72 Å². The molecule has 5 rings (SSSR count). The summed E-state index contributed by atoms with van der Waals surface area (Å²) in [6.07, 6.45) is 7.76. The Balaban J connectivity index is 1.49. The molecule has 3 aromatic rings. The topological polar surface area (TPSA) is 49.4 Å². The first-order valence-electron chi connectivity index (χ1n) is 11.7. The van der Waals surface area contributed by atoms with Crippen molar-refractivity contribution in [2.45, 2.75) is 33.0 Å². The summed E-state index contributed by atoms with van der Waals surface area (Å²) in [5.41, 5.74) is 7.93. The van der Waals surface area contributed by atoms with Crippen LogP contribution >= 0.6 is 0 Å². The van der Waals surface area contributed by atoms with E-state index < -0.39 is 0 Å². The van der Waals surface area contributed by atoms with Crippen molar-refractivity contribution in [2.24, 2.45) is 0 Å². The lowest BCUT2D eigenvalue weighted by atomic mass is 10.1. The number of para-hydroxylation sites is 1. The van der Waals surface area contributed by atoms with E-state index in [1.54, 1.807) is 7.11 Å². The Morgan fingerprint density at radius 2 is 1.85 bits per heavy atom. The van der Waals surface area contributed by atoms with E-state index in [0.29, 0.717) is 6.54 Å². The van der Waals surface area contributed by atoms with Crippen molar-refractivity contribution in [3.05, 3.63) is 113 Å². The number of nitrogens with one attached hydrogen (secondary N) is 2. The van der Waals surface area contributed by atoms with Gasteiger partial charge >= 0.3 is 0 Å². The second kappa shape index (κ2) is 9.48. The lowest BCUT2D eigenvalue weighted by Crippen LogP contribution is -2.33. The Bertz CT molecular complexity index is 1270. The number of aromatic nitrogens is 1. The smallest absolute Gasteiger partial charge is 0.126 e. The van der Waals surface area contributed by atoms with Crippen LogP contribution in [-0.2, 0) is 6.54 Å². The first-order valence-corrected chi connectivity index (χ1v) is 11.7. The van der Waals surface area contributed by atoms with Crippen LogP contribution in [-0.4, -0.2) is 23.2 Å². The van der Waals surface area contributed by atoms with Gasteiger partial charge in [0.15, 0.2) is 0 Å². The summed E-state index contributed by atoms with van der Waals surface area (Å²) < 4.78 is 5.49. The molecule has 0 saturated carbocycles. The molecule has 1 unspecified atom stereocenters. The third kappa shape index (κ3) is 4.29. The fraction of sp³-hybridized carbons (Fsp3) is 0.207. The number of allylic oxidation sites excluding steroid dienone is 2. The van der Waals surface area contributed by atoms with E-state index in [1.807, 2.05) is 24.3 Å². The lowest BCUT2D eigenvalue weighted by Gasteiger charge is -2.27. The molecule has 1 aromatic heterocycles. The predicted molar refractivity (Wildman–Crippen MR) is 139 cm³/mol. The monoisotopic (exact) mass is 450 g/mol. The third-order valence-corrected chi connectivity index (χ3v) is 6.30. The van der Waals surface area contributed by atoms with Crippen LogP contribution in [0.3, 0.4) is 0 Å². The van der Waals surface area contributed by atoms with Crippen molar-refractivity contribution in [1.29, 1.82) is 0 Å². The number of benzene rings is 2. The Labute approximate surface area is 201 Å². The highest BCUT2D eigenvalue weighted by atomic mass is 16.5. The number of rotatable bonds is 7. The third-order valence-electron chi connectivity index (χ3n) is 6.30. The Kier molecular flexibility index (Phi) is 6.09. The van der Waals surface area contributed by atoms with Gasteiger partial charge in [-0.3, -0.25) is 0 Å². The number of nitrogens with zero attached hydrogens (tertiary/aromatic N) is 2. The minimum Gasteiger partial charge on any atom is -0.496 e. The molecule has 2 aliphatic rings. The SMILES string of the molecule is CCC1=CC2NC(c3ccc(C)cc3)=C(c3cccc(NCc4ccccc4OC)n3)N2C=C1. The molecule has 2 N–H and O–H groups in total. The molecule has 1 atom stereocenters. The normalized spacial score (nSPS) is 16.7. The van der Waals surface area contributed by atoms with Gasteiger partial charge in [-0.1, -0.05) is 61.0 Å². The average molecular weight is 451 g/mol. The first-order chi connectivity index (χ1) is 16.7. The van der Waals surface area contributed by atoms with E-state index in [0.717, 1.165) is 46.2 Å². The summed E-state index contributed by atoms with van der Waals surface area (Å²) in [4.78, 5) is 7.28. The van der Waals surface area contributed by atoms with Gasteiger partial charge in [0.05, 0.1) is 24.2 Å². The molecular weight excluding hydrogens is 420 g/mol. The van der Waals surface area contributed by atoms with Crippen LogP contribution in [0, 0.1) is 6.92 Å². The van der Waals surface area contributed by atoms with Gasteiger partial charge < -0.3 is 20.3 Å². The first kappa shape index (κ1) is 21.8. The zero-order valence-corrected chi connectivity index (χ0v) is 19.9. The molecule has 34 heavy (non-hydrogen) atoms. The van der Waals surface area contributed by atoms with Gasteiger partial charge in [0.2, 0.25) is 0 Å². The summed E-state index contributed by atoms with van der Waals surface area (Å²) in [5, 5.41) is 7.20. The summed E-state index contributed by atoms with van der Waals surface area (Å²) >= 11 is 0. The fourth-order valence-corrected chi connectivity index (χ4v) is 4.41. The minimum absolute atomic E-state index is 0.0817. The van der Waals surface area contributed by atoms with Crippen LogP contribution in [0.25, 0.3) is 11.4 Å². The van der Waals surface area contributed by atoms with Crippen LogP contribution < -0.4 is 15.4 Å². The molecule has 2 aromatic carbocycles. The van der Waals surface area contributed by atoms with Crippen molar-refractivity contribution in [2.75, 3.05) is 12.4 Å². The number of aryl methyl sites for hydroxylation is 1. The molecule has 0 aliphatic carbocycles. The summed E-state index contributed by atoms with van der Waals surface area (Å²) in [7, 11) is 1.70. The van der Waals surface area contributed by atoms with Crippen LogP contribution in [0.15, 0.2) is 90.7 Å². The van der Waals surface area contributed by atoms with Crippen molar-refractivity contribution in [1.82, 2.24) is 15.2 Å². The second-order valence-corrected chi connectivity index (χ2v) is 8.57. The quantitative estimate of drug-likeness (QED) is 0.467. The molecule has 172 valence electrons. The van der Waals surface area contributed by atoms with Crippen molar-refractivity contribution in [3.63, 3.8) is 0 Å². The van der Waals surface area contributed by atoms with Crippen LogP contribution in [0.2, 0.25) is 0 Å². The lowest BCUT2D eigenvalue weighted by molar-refractivity contribution is 0.410. The molecule has 0 radical (unpaired) electrons. The number of fused-ring (bicyclic) bond motifs is 1. The van der Waals surface area contributed by atoms with Gasteiger partial charge in [0.25, 0.3) is 0 Å². The minimum atomic E-state index is 0.0817. The van der Waals surface area contributed by atoms with Crippen molar-refractivity contribution in [3.8, 4) is 5.75 Å².